The first-order chi connectivity index (χ1) is 17.3. The fourth-order valence-corrected chi connectivity index (χ4v) is 3.48. The van der Waals surface area contributed by atoms with Crippen molar-refractivity contribution in [2.75, 3.05) is 26.3 Å². The summed E-state index contributed by atoms with van der Waals surface area (Å²) in [5.41, 5.74) is 1.22. The van der Waals surface area contributed by atoms with Crippen molar-refractivity contribution < 1.29 is 24.1 Å². The van der Waals surface area contributed by atoms with Crippen molar-refractivity contribution in [2.45, 2.75) is 64.8 Å². The number of rotatable bonds is 11. The third-order valence-electron chi connectivity index (χ3n) is 5.53. The van der Waals surface area contributed by atoms with Crippen LogP contribution in [0.25, 0.3) is 22.1 Å². The average Bonchev–Trinajstić information content (AvgIpc) is 2.83. The number of benzene rings is 2. The number of nitrogens with one attached hydrogen (secondary N) is 2. The minimum absolute atomic E-state index is 0.0791. The van der Waals surface area contributed by atoms with Crippen molar-refractivity contribution in [3.8, 4) is 22.6 Å². The monoisotopic (exact) mass is 512 g/mol. The molecule has 0 spiro atoms. The Labute approximate surface area is 218 Å². The van der Waals surface area contributed by atoms with Crippen LogP contribution in [0.1, 0.15) is 41.5 Å². The summed E-state index contributed by atoms with van der Waals surface area (Å²) in [6, 6.07) is 12.1. The van der Waals surface area contributed by atoms with Gasteiger partial charge in [-0.3, -0.25) is 4.79 Å². The van der Waals surface area contributed by atoms with Crippen LogP contribution in [0.15, 0.2) is 57.9 Å². The van der Waals surface area contributed by atoms with Gasteiger partial charge in [0.05, 0.1) is 10.9 Å². The summed E-state index contributed by atoms with van der Waals surface area (Å²) in [4.78, 5) is 13.1. The molecular weight excluding hydrogens is 472 g/mol. The van der Waals surface area contributed by atoms with E-state index in [2.05, 4.69) is 10.6 Å². The maximum absolute atomic E-state index is 13.1. The highest BCUT2D eigenvalue weighted by molar-refractivity contribution is 5.82. The molecule has 0 bridgehead atoms. The fourth-order valence-electron chi connectivity index (χ4n) is 3.48. The molecule has 3 aromatic rings. The molecular formula is C29H40N2O6. The van der Waals surface area contributed by atoms with Crippen LogP contribution in [0.4, 0.5) is 0 Å². The Bertz CT molecular complexity index is 1210. The van der Waals surface area contributed by atoms with Gasteiger partial charge >= 0.3 is 0 Å². The van der Waals surface area contributed by atoms with Gasteiger partial charge in [0.1, 0.15) is 48.8 Å². The Morgan fingerprint density at radius 1 is 0.811 bits per heavy atom. The van der Waals surface area contributed by atoms with Crippen molar-refractivity contribution in [1.82, 2.24) is 10.6 Å². The van der Waals surface area contributed by atoms with Gasteiger partial charge in [-0.05, 0) is 71.4 Å². The minimum atomic E-state index is -0.667. The van der Waals surface area contributed by atoms with E-state index < -0.39 is 12.2 Å². The van der Waals surface area contributed by atoms with Gasteiger partial charge in [-0.1, -0.05) is 12.1 Å². The lowest BCUT2D eigenvalue weighted by atomic mass is 10.1. The van der Waals surface area contributed by atoms with E-state index in [-0.39, 0.29) is 29.7 Å². The number of aliphatic hydroxyl groups is 2. The smallest absolute Gasteiger partial charge is 0.200 e. The van der Waals surface area contributed by atoms with Gasteiger partial charge in [-0.25, -0.2) is 0 Å². The highest BCUT2D eigenvalue weighted by Crippen LogP contribution is 2.25. The lowest BCUT2D eigenvalue weighted by molar-refractivity contribution is 0.100. The summed E-state index contributed by atoms with van der Waals surface area (Å²) >= 11 is 0. The maximum Gasteiger partial charge on any atom is 0.200 e. The van der Waals surface area contributed by atoms with E-state index in [0.717, 1.165) is 0 Å². The Morgan fingerprint density at radius 3 is 1.86 bits per heavy atom. The van der Waals surface area contributed by atoms with Crippen LogP contribution >= 0.6 is 0 Å². The Hall–Kier alpha value is -2.91. The maximum atomic E-state index is 13.1. The highest BCUT2D eigenvalue weighted by atomic mass is 16.5. The molecule has 37 heavy (non-hydrogen) atoms. The van der Waals surface area contributed by atoms with Crippen LogP contribution in [0.3, 0.4) is 0 Å². The van der Waals surface area contributed by atoms with E-state index in [1.807, 2.05) is 41.5 Å². The molecule has 0 aliphatic heterocycles. The lowest BCUT2D eigenvalue weighted by Gasteiger charge is -2.23. The second kappa shape index (κ2) is 12.1. The molecule has 4 N–H and O–H groups in total. The molecule has 0 amide bonds. The first-order valence-electron chi connectivity index (χ1n) is 12.6. The van der Waals surface area contributed by atoms with Gasteiger partial charge in [0, 0.05) is 30.2 Å². The van der Waals surface area contributed by atoms with Gasteiger partial charge in [-0.15, -0.1) is 0 Å². The molecule has 0 saturated carbocycles. The summed E-state index contributed by atoms with van der Waals surface area (Å²) < 4.78 is 17.1. The molecule has 8 nitrogen and oxygen atoms in total. The third kappa shape index (κ3) is 9.16. The Morgan fingerprint density at radius 2 is 1.32 bits per heavy atom. The summed E-state index contributed by atoms with van der Waals surface area (Å²) in [6.07, 6.45) is 0.136. The van der Waals surface area contributed by atoms with Crippen LogP contribution in [0, 0.1) is 0 Å². The first kappa shape index (κ1) is 28.7. The first-order valence-corrected chi connectivity index (χ1v) is 12.6. The van der Waals surface area contributed by atoms with Gasteiger partial charge in [0.15, 0.2) is 5.43 Å². The predicted molar refractivity (Wildman–Crippen MR) is 146 cm³/mol. The van der Waals surface area contributed by atoms with Crippen molar-refractivity contribution >= 4 is 11.0 Å². The number of aliphatic hydroxyl groups excluding tert-OH is 2. The molecule has 0 aliphatic carbocycles. The Balaban J connectivity index is 1.62. The second-order valence-corrected chi connectivity index (χ2v) is 11.4. The van der Waals surface area contributed by atoms with Gasteiger partial charge < -0.3 is 34.7 Å². The molecule has 0 radical (unpaired) electrons. The molecule has 0 fully saturated rings. The zero-order valence-corrected chi connectivity index (χ0v) is 22.6. The van der Waals surface area contributed by atoms with Crippen molar-refractivity contribution in [1.29, 1.82) is 0 Å². The average molecular weight is 513 g/mol. The van der Waals surface area contributed by atoms with E-state index in [9.17, 15) is 15.0 Å². The van der Waals surface area contributed by atoms with Crippen molar-refractivity contribution in [3.05, 3.63) is 59.0 Å². The van der Waals surface area contributed by atoms with E-state index in [4.69, 9.17) is 13.9 Å². The van der Waals surface area contributed by atoms with Gasteiger partial charge in [0.2, 0.25) is 0 Å². The molecule has 0 saturated heterocycles. The highest BCUT2D eigenvalue weighted by Gasteiger charge is 2.15. The zero-order chi connectivity index (χ0) is 27.2. The van der Waals surface area contributed by atoms with Gasteiger partial charge in [0.25, 0.3) is 0 Å². The predicted octanol–water partition coefficient (Wildman–Crippen LogP) is 3.72. The van der Waals surface area contributed by atoms with E-state index >= 15 is 0 Å². The molecule has 2 aromatic carbocycles. The fraction of sp³-hybridized carbons (Fsp3) is 0.483. The lowest BCUT2D eigenvalue weighted by Crippen LogP contribution is -2.42. The summed E-state index contributed by atoms with van der Waals surface area (Å²) in [5, 5.41) is 27.2. The second-order valence-electron chi connectivity index (χ2n) is 11.4. The largest absolute Gasteiger partial charge is 0.491 e. The normalized spacial score (nSPS) is 13.9. The summed E-state index contributed by atoms with van der Waals surface area (Å²) in [6.45, 7) is 13.3. The number of fused-ring (bicyclic) bond motifs is 1. The number of ether oxygens (including phenoxy) is 2. The van der Waals surface area contributed by atoms with Crippen molar-refractivity contribution in [3.63, 3.8) is 0 Å². The van der Waals surface area contributed by atoms with Crippen LogP contribution in [-0.4, -0.2) is 59.8 Å². The topological polar surface area (TPSA) is 113 Å². The third-order valence-corrected chi connectivity index (χ3v) is 5.53. The SMILES string of the molecule is CC(C)(C)NCC(O)COc1ccc(-c2coc3cc(OCC(O)CNC(C)(C)C)ccc3c2=O)cc1. The quantitative estimate of drug-likeness (QED) is 0.308. The molecule has 2 unspecified atom stereocenters. The van der Waals surface area contributed by atoms with Crippen LogP contribution in [-0.2, 0) is 0 Å². The van der Waals surface area contributed by atoms with Crippen LogP contribution < -0.4 is 25.5 Å². The summed E-state index contributed by atoms with van der Waals surface area (Å²) in [5.74, 6) is 1.12. The summed E-state index contributed by atoms with van der Waals surface area (Å²) in [7, 11) is 0. The molecule has 0 aliphatic rings. The van der Waals surface area contributed by atoms with Crippen LogP contribution in [0.2, 0.25) is 0 Å². The Kier molecular flexibility index (Phi) is 9.36. The standard InChI is InChI=1S/C29H40N2O6/c1-28(2,3)30-14-20(32)16-35-22-9-7-19(8-10-22)25-18-37-26-13-23(11-12-24(26)27(25)34)36-17-21(33)15-31-29(4,5)6/h7-13,18,20-21,30-33H,14-17H2,1-6H3. The molecule has 3 rings (SSSR count). The van der Waals surface area contributed by atoms with E-state index in [1.165, 1.54) is 6.26 Å². The number of hydrogen-bond donors (Lipinski definition) is 4. The molecule has 2 atom stereocenters. The van der Waals surface area contributed by atoms with Crippen LogP contribution in [0.5, 0.6) is 11.5 Å². The van der Waals surface area contributed by atoms with E-state index in [0.29, 0.717) is 46.7 Å². The van der Waals surface area contributed by atoms with E-state index in [1.54, 1.807) is 42.5 Å². The number of hydrogen-bond acceptors (Lipinski definition) is 8. The molecule has 8 heteroatoms. The minimum Gasteiger partial charge on any atom is -0.491 e. The molecule has 202 valence electrons. The number of β-amino-alcohol motifs (C(OH)–C–C–N with tert-alkyl or cyclic N) is 2. The van der Waals surface area contributed by atoms with Crippen molar-refractivity contribution in [2.24, 2.45) is 0 Å². The molecule has 1 heterocycles. The van der Waals surface area contributed by atoms with Gasteiger partial charge in [-0.2, -0.15) is 0 Å². The molecule has 1 aromatic heterocycles. The zero-order valence-electron chi connectivity index (χ0n) is 22.6.